The number of nitrogens with zero attached hydrogens (tertiary/aromatic N) is 1. The topological polar surface area (TPSA) is 86.1 Å². The van der Waals surface area contributed by atoms with Crippen LogP contribution >= 0.6 is 0 Å². The van der Waals surface area contributed by atoms with Gasteiger partial charge in [0.2, 0.25) is 11.3 Å². The molecule has 0 fully saturated rings. The molecule has 1 aromatic heterocycles. The SMILES string of the molecule is Cc1ccc(C(=O)C2(C(=O)OC(C)C)C=CCN2C(=O)OC(C)(C)C)o1. The van der Waals surface area contributed by atoms with Gasteiger partial charge in [-0.2, -0.15) is 0 Å². The summed E-state index contributed by atoms with van der Waals surface area (Å²) in [6.07, 6.45) is 1.71. The highest BCUT2D eigenvalue weighted by Gasteiger charge is 2.56. The van der Waals surface area contributed by atoms with Gasteiger partial charge in [0.15, 0.2) is 5.76 Å². The number of ketones is 1. The molecule has 1 amide bonds. The number of carbonyl (C=O) groups excluding carboxylic acids is 3. The highest BCUT2D eigenvalue weighted by molar-refractivity contribution is 6.19. The predicted molar refractivity (Wildman–Crippen MR) is 93.8 cm³/mol. The number of Topliss-reactive ketones (excluding diaryl/α,β-unsaturated/α-hetero) is 1. The average molecular weight is 363 g/mol. The van der Waals surface area contributed by atoms with Crippen molar-refractivity contribution >= 4 is 17.8 Å². The summed E-state index contributed by atoms with van der Waals surface area (Å²) in [7, 11) is 0. The first kappa shape index (κ1) is 19.8. The van der Waals surface area contributed by atoms with Crippen molar-refractivity contribution in [1.82, 2.24) is 4.90 Å². The van der Waals surface area contributed by atoms with Crippen molar-refractivity contribution in [3.05, 3.63) is 35.8 Å². The zero-order valence-electron chi connectivity index (χ0n) is 16.0. The van der Waals surface area contributed by atoms with Gasteiger partial charge in [-0.1, -0.05) is 6.08 Å². The van der Waals surface area contributed by atoms with Crippen molar-refractivity contribution in [3.63, 3.8) is 0 Å². The number of hydrogen-bond donors (Lipinski definition) is 0. The monoisotopic (exact) mass is 363 g/mol. The number of furan rings is 1. The van der Waals surface area contributed by atoms with E-state index in [1.165, 1.54) is 12.1 Å². The van der Waals surface area contributed by atoms with Crippen molar-refractivity contribution in [2.75, 3.05) is 6.54 Å². The van der Waals surface area contributed by atoms with Crippen molar-refractivity contribution in [2.45, 2.75) is 58.8 Å². The third kappa shape index (κ3) is 3.81. The summed E-state index contributed by atoms with van der Waals surface area (Å²) in [5.41, 5.74) is -2.73. The number of esters is 1. The first-order valence-electron chi connectivity index (χ1n) is 8.48. The molecule has 0 saturated heterocycles. The van der Waals surface area contributed by atoms with Crippen LogP contribution in [0.1, 0.15) is 50.9 Å². The van der Waals surface area contributed by atoms with E-state index in [0.717, 1.165) is 4.90 Å². The zero-order chi connectivity index (χ0) is 19.7. The van der Waals surface area contributed by atoms with E-state index in [2.05, 4.69) is 0 Å². The molecule has 7 heteroatoms. The molecule has 1 aliphatic rings. The van der Waals surface area contributed by atoms with E-state index in [0.29, 0.717) is 5.76 Å². The zero-order valence-corrected chi connectivity index (χ0v) is 16.0. The Morgan fingerprint density at radius 3 is 2.38 bits per heavy atom. The van der Waals surface area contributed by atoms with E-state index in [1.54, 1.807) is 53.7 Å². The third-order valence-corrected chi connectivity index (χ3v) is 3.65. The molecule has 0 bridgehead atoms. The van der Waals surface area contributed by atoms with Gasteiger partial charge in [0.05, 0.1) is 6.10 Å². The fourth-order valence-electron chi connectivity index (χ4n) is 2.62. The Morgan fingerprint density at radius 2 is 1.88 bits per heavy atom. The van der Waals surface area contributed by atoms with E-state index in [-0.39, 0.29) is 12.3 Å². The Bertz CT molecular complexity index is 739. The predicted octanol–water partition coefficient (Wildman–Crippen LogP) is 3.27. The van der Waals surface area contributed by atoms with Gasteiger partial charge >= 0.3 is 12.1 Å². The van der Waals surface area contributed by atoms with Crippen LogP contribution < -0.4 is 0 Å². The first-order valence-corrected chi connectivity index (χ1v) is 8.48. The maximum absolute atomic E-state index is 13.2. The molecule has 1 aromatic rings. The summed E-state index contributed by atoms with van der Waals surface area (Å²) in [5.74, 6) is -1.02. The molecular weight excluding hydrogens is 338 g/mol. The quantitative estimate of drug-likeness (QED) is 0.353. The van der Waals surface area contributed by atoms with E-state index in [9.17, 15) is 14.4 Å². The number of carbonyl (C=O) groups is 3. The number of amides is 1. The highest BCUT2D eigenvalue weighted by atomic mass is 16.6. The molecule has 2 rings (SSSR count). The number of rotatable bonds is 4. The van der Waals surface area contributed by atoms with Gasteiger partial charge in [-0.15, -0.1) is 0 Å². The molecule has 0 spiro atoms. The van der Waals surface area contributed by atoms with Gasteiger partial charge in [0, 0.05) is 6.54 Å². The fourth-order valence-corrected chi connectivity index (χ4v) is 2.62. The van der Waals surface area contributed by atoms with Crippen LogP contribution in [0.25, 0.3) is 0 Å². The van der Waals surface area contributed by atoms with Crippen LogP contribution in [-0.2, 0) is 14.3 Å². The van der Waals surface area contributed by atoms with E-state index in [4.69, 9.17) is 13.9 Å². The lowest BCUT2D eigenvalue weighted by Crippen LogP contribution is -2.60. The molecular formula is C19H25NO6. The molecule has 0 aromatic carbocycles. The van der Waals surface area contributed by atoms with Crippen LogP contribution in [0.3, 0.4) is 0 Å². The van der Waals surface area contributed by atoms with Gasteiger partial charge in [-0.05, 0) is 59.8 Å². The molecule has 26 heavy (non-hydrogen) atoms. The second kappa shape index (κ2) is 6.97. The average Bonchev–Trinajstić information content (AvgIpc) is 3.10. The molecule has 1 atom stereocenters. The standard InChI is InChI=1S/C19H25NO6/c1-12(2)24-16(22)19(15(21)14-9-8-13(3)25-14)10-7-11-20(19)17(23)26-18(4,5)6/h7-10,12H,11H2,1-6H3. The van der Waals surface area contributed by atoms with Crippen LogP contribution in [0.15, 0.2) is 28.7 Å². The van der Waals surface area contributed by atoms with Crippen molar-refractivity contribution < 1.29 is 28.3 Å². The normalized spacial score (nSPS) is 19.7. The largest absolute Gasteiger partial charge is 0.461 e. The second-order valence-corrected chi connectivity index (χ2v) is 7.45. The van der Waals surface area contributed by atoms with Crippen LogP contribution in [0.4, 0.5) is 4.79 Å². The number of hydrogen-bond acceptors (Lipinski definition) is 6. The van der Waals surface area contributed by atoms with E-state index >= 15 is 0 Å². The summed E-state index contributed by atoms with van der Waals surface area (Å²) >= 11 is 0. The van der Waals surface area contributed by atoms with Crippen molar-refractivity contribution in [3.8, 4) is 0 Å². The molecule has 0 N–H and O–H groups in total. The lowest BCUT2D eigenvalue weighted by Gasteiger charge is -2.35. The second-order valence-electron chi connectivity index (χ2n) is 7.45. The minimum absolute atomic E-state index is 0.0247. The fraction of sp³-hybridized carbons (Fsp3) is 0.526. The number of ether oxygens (including phenoxy) is 2. The Kier molecular flexibility index (Phi) is 5.30. The Hall–Kier alpha value is -2.57. The minimum Gasteiger partial charge on any atom is -0.461 e. The van der Waals surface area contributed by atoms with Crippen LogP contribution in [0, 0.1) is 6.92 Å². The van der Waals surface area contributed by atoms with Gasteiger partial charge in [0.1, 0.15) is 11.4 Å². The Morgan fingerprint density at radius 1 is 1.23 bits per heavy atom. The maximum atomic E-state index is 13.2. The smallest absolute Gasteiger partial charge is 0.412 e. The lowest BCUT2D eigenvalue weighted by atomic mass is 9.92. The molecule has 0 radical (unpaired) electrons. The highest BCUT2D eigenvalue weighted by Crippen LogP contribution is 2.32. The maximum Gasteiger partial charge on any atom is 0.412 e. The minimum atomic E-state index is -1.95. The van der Waals surface area contributed by atoms with Crippen LogP contribution in [-0.4, -0.2) is 46.5 Å². The summed E-state index contributed by atoms with van der Waals surface area (Å²) in [4.78, 5) is 39.8. The molecule has 142 valence electrons. The van der Waals surface area contributed by atoms with Gasteiger partial charge < -0.3 is 13.9 Å². The Balaban J connectivity index is 2.49. The Labute approximate surface area is 152 Å². The molecule has 1 unspecified atom stereocenters. The molecule has 7 nitrogen and oxygen atoms in total. The lowest BCUT2D eigenvalue weighted by molar-refractivity contribution is -0.155. The van der Waals surface area contributed by atoms with E-state index < -0.39 is 35.1 Å². The van der Waals surface area contributed by atoms with Crippen LogP contribution in [0.2, 0.25) is 0 Å². The summed E-state index contributed by atoms with van der Waals surface area (Å²) in [6.45, 7) is 10.2. The van der Waals surface area contributed by atoms with Gasteiger partial charge in [-0.25, -0.2) is 9.59 Å². The summed E-state index contributed by atoms with van der Waals surface area (Å²) in [6, 6.07) is 3.09. The van der Waals surface area contributed by atoms with E-state index in [1.807, 2.05) is 0 Å². The molecule has 2 heterocycles. The van der Waals surface area contributed by atoms with Crippen LogP contribution in [0.5, 0.6) is 0 Å². The first-order chi connectivity index (χ1) is 12.0. The number of aryl methyl sites for hydroxylation is 1. The van der Waals surface area contributed by atoms with Gasteiger partial charge in [-0.3, -0.25) is 9.69 Å². The van der Waals surface area contributed by atoms with Crippen molar-refractivity contribution in [2.24, 2.45) is 0 Å². The van der Waals surface area contributed by atoms with Gasteiger partial charge in [0.25, 0.3) is 0 Å². The van der Waals surface area contributed by atoms with Crippen molar-refractivity contribution in [1.29, 1.82) is 0 Å². The third-order valence-electron chi connectivity index (χ3n) is 3.65. The molecule has 0 aliphatic carbocycles. The molecule has 1 aliphatic heterocycles. The summed E-state index contributed by atoms with van der Waals surface area (Å²) in [5, 5.41) is 0. The molecule has 0 saturated carbocycles. The summed E-state index contributed by atoms with van der Waals surface area (Å²) < 4.78 is 16.1.